The minimum atomic E-state index is -3.87. The first-order chi connectivity index (χ1) is 14.6. The summed E-state index contributed by atoms with van der Waals surface area (Å²) in [4.78, 5) is 20.3. The first-order valence-corrected chi connectivity index (χ1v) is 11.3. The minimum Gasteiger partial charge on any atom is -0.323 e. The number of anilines is 2. The number of benzene rings is 2. The Morgan fingerprint density at radius 3 is 2.23 bits per heavy atom. The smallest absolute Gasteiger partial charge is 0.264 e. The van der Waals surface area contributed by atoms with E-state index in [1.54, 1.807) is 44.2 Å². The lowest BCUT2D eigenvalue weighted by Gasteiger charge is -2.09. The van der Waals surface area contributed by atoms with Gasteiger partial charge in [-0.2, -0.15) is 0 Å². The van der Waals surface area contributed by atoms with Gasteiger partial charge in [0.05, 0.1) is 4.90 Å². The number of sulfonamides is 1. The van der Waals surface area contributed by atoms with E-state index in [0.717, 1.165) is 0 Å². The van der Waals surface area contributed by atoms with E-state index in [1.165, 1.54) is 30.3 Å². The van der Waals surface area contributed by atoms with Gasteiger partial charge in [-0.1, -0.05) is 29.3 Å². The number of nitrogens with zero attached hydrogens (tertiary/aromatic N) is 2. The second kappa shape index (κ2) is 9.47. The van der Waals surface area contributed by atoms with Crippen LogP contribution in [0.4, 0.5) is 11.6 Å². The molecule has 3 aromatic rings. The van der Waals surface area contributed by atoms with E-state index in [9.17, 15) is 13.2 Å². The van der Waals surface area contributed by atoms with Gasteiger partial charge >= 0.3 is 0 Å². The molecule has 0 atom stereocenters. The highest BCUT2D eigenvalue weighted by Gasteiger charge is 2.16. The minimum absolute atomic E-state index is 0.000812. The van der Waals surface area contributed by atoms with E-state index in [2.05, 4.69) is 20.0 Å². The molecule has 2 N–H and O–H groups in total. The van der Waals surface area contributed by atoms with Crippen molar-refractivity contribution in [3.63, 3.8) is 0 Å². The Bertz CT molecular complexity index is 1240. The summed E-state index contributed by atoms with van der Waals surface area (Å²) < 4.78 is 27.5. The van der Waals surface area contributed by atoms with Gasteiger partial charge in [0.25, 0.3) is 10.0 Å². The molecule has 0 radical (unpaired) electrons. The van der Waals surface area contributed by atoms with Crippen molar-refractivity contribution in [3.05, 3.63) is 81.6 Å². The Morgan fingerprint density at radius 1 is 0.968 bits per heavy atom. The lowest BCUT2D eigenvalue weighted by Crippen LogP contribution is -2.16. The molecule has 1 heterocycles. The van der Waals surface area contributed by atoms with Crippen molar-refractivity contribution in [2.75, 3.05) is 10.0 Å². The van der Waals surface area contributed by atoms with E-state index >= 15 is 0 Å². The molecule has 0 aliphatic carbocycles. The van der Waals surface area contributed by atoms with Crippen LogP contribution in [-0.4, -0.2) is 24.3 Å². The molecule has 0 bridgehead atoms. The molecule has 2 aromatic carbocycles. The fraction of sp³-hybridized carbons (Fsp3) is 0.0952. The number of carbonyl (C=O) groups is 1. The van der Waals surface area contributed by atoms with Crippen molar-refractivity contribution in [2.24, 2.45) is 0 Å². The summed E-state index contributed by atoms with van der Waals surface area (Å²) in [6, 6.07) is 12.4. The molecule has 160 valence electrons. The number of amides is 1. The zero-order chi connectivity index (χ0) is 22.6. The Hall–Kier alpha value is -2.94. The molecule has 10 heteroatoms. The first kappa shape index (κ1) is 22.7. The number of aromatic nitrogens is 2. The third-order valence-corrected chi connectivity index (χ3v) is 5.92. The predicted molar refractivity (Wildman–Crippen MR) is 123 cm³/mol. The van der Waals surface area contributed by atoms with Gasteiger partial charge in [0, 0.05) is 33.2 Å². The Kier molecular flexibility index (Phi) is 6.94. The van der Waals surface area contributed by atoms with E-state index in [-0.39, 0.29) is 10.8 Å². The van der Waals surface area contributed by atoms with Gasteiger partial charge in [-0.3, -0.25) is 4.79 Å². The highest BCUT2D eigenvalue weighted by Crippen LogP contribution is 2.22. The van der Waals surface area contributed by atoms with E-state index in [1.807, 2.05) is 0 Å². The summed E-state index contributed by atoms with van der Waals surface area (Å²) in [6.07, 6.45) is 2.87. The Balaban J connectivity index is 1.67. The maximum Gasteiger partial charge on any atom is 0.264 e. The standard InChI is InChI=1S/C21H18Cl2N4O3S/c1-13-11-14(2)25-21(24-13)27-31(29,30)18-8-6-17(7-9-18)26-20(28)10-4-15-3-5-16(22)12-19(15)23/h3-12H,1-2H3,(H,26,28)(H,24,25,27). The van der Waals surface area contributed by atoms with Gasteiger partial charge in [-0.05, 0) is 68.0 Å². The van der Waals surface area contributed by atoms with E-state index in [0.29, 0.717) is 32.7 Å². The van der Waals surface area contributed by atoms with Crippen molar-refractivity contribution in [1.82, 2.24) is 9.97 Å². The summed E-state index contributed by atoms with van der Waals surface area (Å²) in [6.45, 7) is 3.50. The lowest BCUT2D eigenvalue weighted by atomic mass is 10.2. The monoisotopic (exact) mass is 476 g/mol. The highest BCUT2D eigenvalue weighted by molar-refractivity contribution is 7.92. The van der Waals surface area contributed by atoms with Gasteiger partial charge in [0.15, 0.2) is 0 Å². The van der Waals surface area contributed by atoms with Crippen LogP contribution in [-0.2, 0) is 14.8 Å². The molecule has 0 aliphatic heterocycles. The van der Waals surface area contributed by atoms with Crippen LogP contribution in [0.25, 0.3) is 6.08 Å². The fourth-order valence-corrected chi connectivity index (χ4v) is 4.07. The molecule has 0 aliphatic rings. The molecule has 0 unspecified atom stereocenters. The molecule has 0 saturated carbocycles. The molecular formula is C21H18Cl2N4O3S. The Labute approximate surface area is 190 Å². The summed E-state index contributed by atoms with van der Waals surface area (Å²) in [7, 11) is -3.87. The average molecular weight is 477 g/mol. The maximum absolute atomic E-state index is 12.6. The van der Waals surface area contributed by atoms with E-state index in [4.69, 9.17) is 23.2 Å². The molecule has 3 rings (SSSR count). The second-order valence-corrected chi connectivity index (χ2v) is 9.12. The van der Waals surface area contributed by atoms with Crippen molar-refractivity contribution < 1.29 is 13.2 Å². The number of halogens is 2. The SMILES string of the molecule is Cc1cc(C)nc(NS(=O)(=O)c2ccc(NC(=O)C=Cc3ccc(Cl)cc3Cl)cc2)n1. The maximum atomic E-state index is 12.6. The number of nitrogens with one attached hydrogen (secondary N) is 2. The first-order valence-electron chi connectivity index (χ1n) is 9.02. The highest BCUT2D eigenvalue weighted by atomic mass is 35.5. The fourth-order valence-electron chi connectivity index (χ4n) is 2.65. The normalized spacial score (nSPS) is 11.5. The summed E-state index contributed by atoms with van der Waals surface area (Å²) in [5, 5.41) is 3.57. The summed E-state index contributed by atoms with van der Waals surface area (Å²) in [5.74, 6) is -0.399. The van der Waals surface area contributed by atoms with Gasteiger partial charge in [0.2, 0.25) is 11.9 Å². The van der Waals surface area contributed by atoms with Crippen molar-refractivity contribution in [3.8, 4) is 0 Å². The zero-order valence-electron chi connectivity index (χ0n) is 16.6. The summed E-state index contributed by atoms with van der Waals surface area (Å²) in [5.41, 5.74) is 2.37. The largest absolute Gasteiger partial charge is 0.323 e. The molecule has 7 nitrogen and oxygen atoms in total. The molecule has 1 amide bonds. The molecule has 0 fully saturated rings. The number of rotatable bonds is 6. The molecule has 0 spiro atoms. The second-order valence-electron chi connectivity index (χ2n) is 6.59. The number of aryl methyl sites for hydroxylation is 2. The Morgan fingerprint density at radius 2 is 1.61 bits per heavy atom. The lowest BCUT2D eigenvalue weighted by molar-refractivity contribution is -0.111. The number of hydrogen-bond acceptors (Lipinski definition) is 5. The third-order valence-electron chi connectivity index (χ3n) is 4.02. The van der Waals surface area contributed by atoms with Gasteiger partial charge in [-0.25, -0.2) is 23.1 Å². The summed E-state index contributed by atoms with van der Waals surface area (Å²) >= 11 is 11.9. The number of hydrogen-bond donors (Lipinski definition) is 2. The van der Waals surface area contributed by atoms with E-state index < -0.39 is 15.9 Å². The van der Waals surface area contributed by atoms with Crippen LogP contribution in [0.1, 0.15) is 17.0 Å². The average Bonchev–Trinajstić information content (AvgIpc) is 2.66. The third kappa shape index (κ3) is 6.27. The topological polar surface area (TPSA) is 101 Å². The van der Waals surface area contributed by atoms with Crippen molar-refractivity contribution >= 4 is 56.8 Å². The van der Waals surface area contributed by atoms with Gasteiger partial charge in [-0.15, -0.1) is 0 Å². The molecule has 0 saturated heterocycles. The van der Waals surface area contributed by atoms with Crippen LogP contribution in [0.15, 0.2) is 59.5 Å². The van der Waals surface area contributed by atoms with Crippen LogP contribution >= 0.6 is 23.2 Å². The van der Waals surface area contributed by atoms with Crippen LogP contribution in [0.2, 0.25) is 10.0 Å². The molecule has 1 aromatic heterocycles. The van der Waals surface area contributed by atoms with Gasteiger partial charge < -0.3 is 5.32 Å². The zero-order valence-corrected chi connectivity index (χ0v) is 18.9. The molecule has 31 heavy (non-hydrogen) atoms. The predicted octanol–water partition coefficient (Wildman–Crippen LogP) is 4.85. The van der Waals surface area contributed by atoms with Crippen LogP contribution in [0.5, 0.6) is 0 Å². The molecular weight excluding hydrogens is 459 g/mol. The van der Waals surface area contributed by atoms with Gasteiger partial charge in [0.1, 0.15) is 0 Å². The number of carbonyl (C=O) groups excluding carboxylic acids is 1. The van der Waals surface area contributed by atoms with Crippen LogP contribution < -0.4 is 10.0 Å². The van der Waals surface area contributed by atoms with Crippen molar-refractivity contribution in [1.29, 1.82) is 0 Å². The van der Waals surface area contributed by atoms with Crippen molar-refractivity contribution in [2.45, 2.75) is 18.7 Å². The van der Waals surface area contributed by atoms with Crippen LogP contribution in [0, 0.1) is 13.8 Å². The quantitative estimate of drug-likeness (QED) is 0.494. The van der Waals surface area contributed by atoms with Crippen LogP contribution in [0.3, 0.4) is 0 Å².